The number of nitrogens with one attached hydrogen (secondary N) is 1. The van der Waals surface area contributed by atoms with Crippen LogP contribution < -0.4 is 5.32 Å². The molecule has 0 radical (unpaired) electrons. The summed E-state index contributed by atoms with van der Waals surface area (Å²) in [6.45, 7) is 2.62. The topological polar surface area (TPSA) is 49.4 Å². The molecule has 0 bridgehead atoms. The van der Waals surface area contributed by atoms with E-state index in [1.54, 1.807) is 24.9 Å². The average Bonchev–Trinajstić information content (AvgIpc) is 2.77. The van der Waals surface area contributed by atoms with Crippen molar-refractivity contribution in [3.8, 4) is 0 Å². The van der Waals surface area contributed by atoms with Gasteiger partial charge < -0.3 is 5.32 Å². The Morgan fingerprint density at radius 2 is 2.20 bits per heavy atom. The molecular formula is C12H21BrN2O2S3. The second-order valence-corrected chi connectivity index (χ2v) is 9.94. The Hall–Kier alpha value is 0.400. The molecule has 0 amide bonds. The fraction of sp³-hybridized carbons (Fsp3) is 0.667. The molecule has 20 heavy (non-hydrogen) atoms. The standard InChI is InChI=1S/C12H21BrN2O2S3/c1-9(5-6-18-4)15(3)20(16,17)11-7-10(8-14-2)19-12(11)13/h7,9,14H,5-6,8H2,1-4H3. The molecule has 0 fully saturated rings. The first-order valence-electron chi connectivity index (χ1n) is 6.24. The van der Waals surface area contributed by atoms with Gasteiger partial charge in [-0.2, -0.15) is 16.1 Å². The lowest BCUT2D eigenvalue weighted by Crippen LogP contribution is -2.35. The maximum atomic E-state index is 12.7. The van der Waals surface area contributed by atoms with E-state index in [2.05, 4.69) is 21.2 Å². The third-order valence-corrected chi connectivity index (χ3v) is 7.94. The van der Waals surface area contributed by atoms with E-state index in [-0.39, 0.29) is 6.04 Å². The molecule has 1 heterocycles. The zero-order valence-corrected chi connectivity index (χ0v) is 16.2. The highest BCUT2D eigenvalue weighted by Crippen LogP contribution is 2.34. The summed E-state index contributed by atoms with van der Waals surface area (Å²) in [5.74, 6) is 0.955. The van der Waals surface area contributed by atoms with Crippen molar-refractivity contribution in [3.63, 3.8) is 0 Å². The highest BCUT2D eigenvalue weighted by Gasteiger charge is 2.28. The smallest absolute Gasteiger partial charge is 0.245 e. The fourth-order valence-corrected chi connectivity index (χ4v) is 6.31. The van der Waals surface area contributed by atoms with Crippen LogP contribution in [0.5, 0.6) is 0 Å². The monoisotopic (exact) mass is 400 g/mol. The van der Waals surface area contributed by atoms with E-state index in [0.29, 0.717) is 15.2 Å². The van der Waals surface area contributed by atoms with Gasteiger partial charge in [0, 0.05) is 24.5 Å². The maximum Gasteiger partial charge on any atom is 0.245 e. The molecular weight excluding hydrogens is 380 g/mol. The first-order chi connectivity index (χ1) is 9.34. The Morgan fingerprint density at radius 3 is 2.75 bits per heavy atom. The number of nitrogens with zero attached hydrogens (tertiary/aromatic N) is 1. The SMILES string of the molecule is CNCc1cc(S(=O)(=O)N(C)C(C)CCSC)c(Br)s1. The summed E-state index contributed by atoms with van der Waals surface area (Å²) in [5.41, 5.74) is 0. The summed E-state index contributed by atoms with van der Waals surface area (Å²) in [4.78, 5) is 1.37. The zero-order chi connectivity index (χ0) is 15.3. The van der Waals surface area contributed by atoms with Crippen LogP contribution in [0.4, 0.5) is 0 Å². The summed E-state index contributed by atoms with van der Waals surface area (Å²) in [6.07, 6.45) is 2.88. The molecule has 8 heteroatoms. The van der Waals surface area contributed by atoms with Crippen molar-refractivity contribution < 1.29 is 8.42 Å². The van der Waals surface area contributed by atoms with Crippen LogP contribution in [0.3, 0.4) is 0 Å². The number of hydrogen-bond acceptors (Lipinski definition) is 5. The van der Waals surface area contributed by atoms with Gasteiger partial charge in [0.15, 0.2) is 0 Å². The quantitative estimate of drug-likeness (QED) is 0.728. The molecule has 0 saturated carbocycles. The van der Waals surface area contributed by atoms with Crippen LogP contribution in [0.25, 0.3) is 0 Å². The van der Waals surface area contributed by atoms with Crippen molar-refractivity contribution in [2.45, 2.75) is 30.8 Å². The minimum absolute atomic E-state index is 0.00741. The van der Waals surface area contributed by atoms with Crippen molar-refractivity contribution in [3.05, 3.63) is 14.7 Å². The molecule has 4 nitrogen and oxygen atoms in total. The normalized spacial score (nSPS) is 13.9. The Morgan fingerprint density at radius 1 is 1.55 bits per heavy atom. The largest absolute Gasteiger partial charge is 0.315 e. The third-order valence-electron chi connectivity index (χ3n) is 3.08. The van der Waals surface area contributed by atoms with Gasteiger partial charge >= 0.3 is 0 Å². The van der Waals surface area contributed by atoms with Crippen LogP contribution >= 0.6 is 39.0 Å². The molecule has 0 aliphatic heterocycles. The van der Waals surface area contributed by atoms with Crippen LogP contribution in [0.1, 0.15) is 18.2 Å². The van der Waals surface area contributed by atoms with Crippen molar-refractivity contribution in [2.75, 3.05) is 26.1 Å². The Labute approximate surface area is 138 Å². The second kappa shape index (κ2) is 8.14. The average molecular weight is 401 g/mol. The number of thiophene rings is 1. The van der Waals surface area contributed by atoms with Crippen molar-refractivity contribution in [1.29, 1.82) is 0 Å². The molecule has 1 rings (SSSR count). The molecule has 1 aromatic rings. The van der Waals surface area contributed by atoms with Gasteiger partial charge in [0.05, 0.1) is 3.79 Å². The molecule has 0 aromatic carbocycles. The molecule has 1 aromatic heterocycles. The first kappa shape index (κ1) is 18.4. The van der Waals surface area contributed by atoms with Crippen molar-refractivity contribution >= 4 is 49.1 Å². The van der Waals surface area contributed by atoms with Gasteiger partial charge in [-0.15, -0.1) is 11.3 Å². The Balaban J connectivity index is 2.97. The molecule has 1 atom stereocenters. The number of thioether (sulfide) groups is 1. The lowest BCUT2D eigenvalue weighted by atomic mass is 10.3. The minimum atomic E-state index is -3.44. The van der Waals surface area contributed by atoms with Gasteiger partial charge in [-0.05, 0) is 54.4 Å². The summed E-state index contributed by atoms with van der Waals surface area (Å²) in [5, 5.41) is 3.03. The van der Waals surface area contributed by atoms with E-state index in [4.69, 9.17) is 0 Å². The van der Waals surface area contributed by atoms with Crippen molar-refractivity contribution in [1.82, 2.24) is 9.62 Å². The third kappa shape index (κ3) is 4.45. The van der Waals surface area contributed by atoms with E-state index in [9.17, 15) is 8.42 Å². The van der Waals surface area contributed by atoms with Crippen LogP contribution in [-0.4, -0.2) is 44.9 Å². The molecule has 0 aliphatic rings. The van der Waals surface area contributed by atoms with Crippen LogP contribution in [0.2, 0.25) is 0 Å². The molecule has 0 saturated heterocycles. The van der Waals surface area contributed by atoms with Crippen LogP contribution in [0, 0.1) is 0 Å². The minimum Gasteiger partial charge on any atom is -0.315 e. The summed E-state index contributed by atoms with van der Waals surface area (Å²) in [7, 11) is 0.0636. The Kier molecular flexibility index (Phi) is 7.51. The summed E-state index contributed by atoms with van der Waals surface area (Å²) in [6, 6.07) is 1.74. The maximum absolute atomic E-state index is 12.7. The predicted molar refractivity (Wildman–Crippen MR) is 92.2 cm³/mol. The predicted octanol–water partition coefficient (Wildman–Crippen LogP) is 2.99. The van der Waals surface area contributed by atoms with E-state index in [1.807, 2.05) is 20.2 Å². The van der Waals surface area contributed by atoms with Gasteiger partial charge in [0.25, 0.3) is 0 Å². The van der Waals surface area contributed by atoms with Crippen molar-refractivity contribution in [2.24, 2.45) is 0 Å². The number of sulfonamides is 1. The summed E-state index contributed by atoms with van der Waals surface area (Å²) < 4.78 is 27.4. The lowest BCUT2D eigenvalue weighted by molar-refractivity contribution is 0.382. The van der Waals surface area contributed by atoms with E-state index >= 15 is 0 Å². The fourth-order valence-electron chi connectivity index (χ4n) is 1.70. The molecule has 0 aliphatic carbocycles. The van der Waals surface area contributed by atoms with E-state index < -0.39 is 10.0 Å². The van der Waals surface area contributed by atoms with Gasteiger partial charge in [-0.25, -0.2) is 8.42 Å². The van der Waals surface area contributed by atoms with Gasteiger partial charge in [-0.1, -0.05) is 0 Å². The highest BCUT2D eigenvalue weighted by atomic mass is 79.9. The Bertz CT molecular complexity index is 531. The molecule has 0 spiro atoms. The molecule has 1 N–H and O–H groups in total. The van der Waals surface area contributed by atoms with Crippen LogP contribution in [0.15, 0.2) is 14.7 Å². The lowest BCUT2D eigenvalue weighted by Gasteiger charge is -2.23. The second-order valence-electron chi connectivity index (χ2n) is 4.53. The van der Waals surface area contributed by atoms with Crippen LogP contribution in [-0.2, 0) is 16.6 Å². The number of halogens is 1. The highest BCUT2D eigenvalue weighted by molar-refractivity contribution is 9.11. The van der Waals surface area contributed by atoms with Gasteiger partial charge in [0.1, 0.15) is 4.90 Å². The zero-order valence-electron chi connectivity index (χ0n) is 12.1. The number of hydrogen-bond donors (Lipinski definition) is 1. The van der Waals surface area contributed by atoms with E-state index in [0.717, 1.165) is 17.1 Å². The van der Waals surface area contributed by atoms with Gasteiger partial charge in [0.2, 0.25) is 10.0 Å². The molecule has 1 unspecified atom stereocenters. The molecule has 116 valence electrons. The first-order valence-corrected chi connectivity index (χ1v) is 10.7. The van der Waals surface area contributed by atoms with E-state index in [1.165, 1.54) is 15.6 Å². The number of rotatable bonds is 8. The van der Waals surface area contributed by atoms with Gasteiger partial charge in [-0.3, -0.25) is 0 Å². The summed E-state index contributed by atoms with van der Waals surface area (Å²) >= 11 is 6.56.